The van der Waals surface area contributed by atoms with Crippen molar-refractivity contribution < 1.29 is 0 Å². The number of rotatable bonds is 8. The summed E-state index contributed by atoms with van der Waals surface area (Å²) in [5, 5.41) is 0. The van der Waals surface area contributed by atoms with Gasteiger partial charge in [0, 0.05) is 44.5 Å². The van der Waals surface area contributed by atoms with Crippen LogP contribution in [0.5, 0.6) is 0 Å². The maximum Gasteiger partial charge on any atom is 0.0726 e. The van der Waals surface area contributed by atoms with Crippen molar-refractivity contribution in [1.29, 1.82) is 0 Å². The standard InChI is InChI=1S/C91H66N2/c1-89(2)75-43-20-13-37-67(75)70-55-53-61(57-81(70)89)92(83-49-25-18-33-63(83)59-29-7-5-8-30-59)85-51-27-42-73-69-39-16-23-46-78(69)91(77-45-22-15-36-66(77)65-35-11-12-40-72(65)87(73)85)79-47-24-17-41-74(79)88-80(91)48-28-52-86(88)93(84-50-26-19-34-64(84)60-31-9-6-10-32-60)62-54-56-71-68-38-14-21-44-76(68)90(3,4)82(71)58-62/h5-58H,1-4H3. The normalized spacial score (nSPS) is 15.1. The maximum absolute atomic E-state index is 2.58. The second-order valence-corrected chi connectivity index (χ2v) is 26.6. The monoisotopic (exact) mass is 1190 g/mol. The van der Waals surface area contributed by atoms with Crippen molar-refractivity contribution in [2.24, 2.45) is 0 Å². The van der Waals surface area contributed by atoms with Crippen molar-refractivity contribution in [3.05, 3.63) is 372 Å². The van der Waals surface area contributed by atoms with Crippen molar-refractivity contribution in [2.45, 2.75) is 43.9 Å². The zero-order valence-corrected chi connectivity index (χ0v) is 52.6. The molecule has 1 spiro atoms. The molecule has 2 heteroatoms. The second kappa shape index (κ2) is 20.9. The van der Waals surface area contributed by atoms with Crippen LogP contribution in [0, 0.1) is 0 Å². The molecule has 14 aromatic carbocycles. The number of hydrogen-bond donors (Lipinski definition) is 0. The third-order valence-corrected chi connectivity index (χ3v) is 21.1. The average molecular weight is 1190 g/mol. The first-order chi connectivity index (χ1) is 45.7. The van der Waals surface area contributed by atoms with Gasteiger partial charge in [-0.2, -0.15) is 0 Å². The molecular formula is C91H66N2. The Hall–Kier alpha value is -11.3. The SMILES string of the molecule is CC1(C)c2ccccc2-c2ccc(N(c3ccccc3-c3ccccc3)c3cccc4c3-c3ccccc3-c3ccccc3C3(c5ccccc5-4)c4ccccc4-c4c(N(c5ccc6c(c5)C(C)(C)c5ccccc5-6)c5ccccc5-c5ccccc5)cccc43)cc21. The number of para-hydroxylation sites is 2. The van der Waals surface area contributed by atoms with Crippen molar-refractivity contribution in [1.82, 2.24) is 0 Å². The van der Waals surface area contributed by atoms with Crippen LogP contribution in [0.4, 0.5) is 34.1 Å². The molecule has 0 amide bonds. The van der Waals surface area contributed by atoms with E-state index in [9.17, 15) is 0 Å². The summed E-state index contributed by atoms with van der Waals surface area (Å²) in [5.74, 6) is 0. The van der Waals surface area contributed by atoms with Gasteiger partial charge in [-0.1, -0.05) is 307 Å². The van der Waals surface area contributed by atoms with E-state index < -0.39 is 5.41 Å². The lowest BCUT2D eigenvalue weighted by atomic mass is 9.64. The van der Waals surface area contributed by atoms with E-state index >= 15 is 0 Å². The van der Waals surface area contributed by atoms with Crippen LogP contribution in [0.3, 0.4) is 0 Å². The van der Waals surface area contributed by atoms with E-state index in [1.54, 1.807) is 0 Å². The van der Waals surface area contributed by atoms with Crippen LogP contribution in [0.25, 0.3) is 89.0 Å². The van der Waals surface area contributed by atoms with Crippen molar-refractivity contribution in [3.8, 4) is 89.0 Å². The first-order valence-corrected chi connectivity index (χ1v) is 32.7. The Kier molecular flexibility index (Phi) is 12.3. The molecule has 1 unspecified atom stereocenters. The summed E-state index contributed by atoms with van der Waals surface area (Å²) in [4.78, 5) is 5.16. The topological polar surface area (TPSA) is 6.48 Å². The minimum Gasteiger partial charge on any atom is -0.309 e. The summed E-state index contributed by atoms with van der Waals surface area (Å²) < 4.78 is 0. The van der Waals surface area contributed by atoms with Gasteiger partial charge in [0.1, 0.15) is 0 Å². The zero-order chi connectivity index (χ0) is 62.2. The Bertz CT molecular complexity index is 5360. The Morgan fingerprint density at radius 2 is 0.505 bits per heavy atom. The molecule has 18 rings (SSSR count). The van der Waals surface area contributed by atoms with Crippen LogP contribution >= 0.6 is 0 Å². The lowest BCUT2D eigenvalue weighted by Crippen LogP contribution is -2.30. The molecule has 2 nitrogen and oxygen atoms in total. The predicted molar refractivity (Wildman–Crippen MR) is 389 cm³/mol. The molecule has 0 aliphatic heterocycles. The molecule has 1 atom stereocenters. The predicted octanol–water partition coefficient (Wildman–Crippen LogP) is 24.3. The number of hydrogen-bond acceptors (Lipinski definition) is 2. The van der Waals surface area contributed by atoms with Crippen LogP contribution in [0.15, 0.2) is 328 Å². The third kappa shape index (κ3) is 7.95. The average Bonchev–Trinajstić information content (AvgIpc) is 1.53. The van der Waals surface area contributed by atoms with Gasteiger partial charge in [-0.25, -0.2) is 0 Å². The van der Waals surface area contributed by atoms with Crippen molar-refractivity contribution in [3.63, 3.8) is 0 Å². The molecule has 4 aliphatic carbocycles. The van der Waals surface area contributed by atoms with E-state index in [-0.39, 0.29) is 10.8 Å². The molecule has 0 heterocycles. The summed E-state index contributed by atoms with van der Waals surface area (Å²) >= 11 is 0. The van der Waals surface area contributed by atoms with Gasteiger partial charge in [-0.3, -0.25) is 0 Å². The lowest BCUT2D eigenvalue weighted by molar-refractivity contribution is 0.660. The van der Waals surface area contributed by atoms with E-state index in [4.69, 9.17) is 0 Å². The van der Waals surface area contributed by atoms with Gasteiger partial charge in [0.25, 0.3) is 0 Å². The van der Waals surface area contributed by atoms with Crippen LogP contribution in [0.1, 0.15) is 72.2 Å². The number of fused-ring (bicyclic) bond motifs is 20. The highest BCUT2D eigenvalue weighted by atomic mass is 15.2. The smallest absolute Gasteiger partial charge is 0.0726 e. The fourth-order valence-electron chi connectivity index (χ4n) is 17.0. The zero-order valence-electron chi connectivity index (χ0n) is 52.6. The number of nitrogens with zero attached hydrogens (tertiary/aromatic N) is 2. The Morgan fingerprint density at radius 1 is 0.194 bits per heavy atom. The maximum atomic E-state index is 2.58. The van der Waals surface area contributed by atoms with Crippen molar-refractivity contribution in [2.75, 3.05) is 9.80 Å². The summed E-state index contributed by atoms with van der Waals surface area (Å²) in [6.07, 6.45) is 0. The summed E-state index contributed by atoms with van der Waals surface area (Å²) in [6.45, 7) is 9.57. The van der Waals surface area contributed by atoms with E-state index in [1.807, 2.05) is 0 Å². The van der Waals surface area contributed by atoms with Crippen LogP contribution in [-0.2, 0) is 16.2 Å². The molecule has 0 bridgehead atoms. The Morgan fingerprint density at radius 3 is 1.00 bits per heavy atom. The van der Waals surface area contributed by atoms with Crippen LogP contribution in [0.2, 0.25) is 0 Å². The molecule has 0 aromatic heterocycles. The first-order valence-electron chi connectivity index (χ1n) is 32.7. The molecule has 0 N–H and O–H groups in total. The Balaban J connectivity index is 0.929. The van der Waals surface area contributed by atoms with Gasteiger partial charge in [-0.05, 0) is 160 Å². The third-order valence-electron chi connectivity index (χ3n) is 21.1. The highest BCUT2D eigenvalue weighted by molar-refractivity contribution is 6.07. The molecule has 0 saturated carbocycles. The summed E-state index contributed by atoms with van der Waals surface area (Å²) in [7, 11) is 0. The molecule has 93 heavy (non-hydrogen) atoms. The number of benzene rings is 14. The molecule has 440 valence electrons. The quantitative estimate of drug-likeness (QED) is 0.150. The summed E-state index contributed by atoms with van der Waals surface area (Å²) in [5.41, 5.74) is 35.1. The minimum atomic E-state index is -0.827. The largest absolute Gasteiger partial charge is 0.309 e. The lowest BCUT2D eigenvalue weighted by Gasteiger charge is -2.37. The highest BCUT2D eigenvalue weighted by Gasteiger charge is 2.51. The van der Waals surface area contributed by atoms with Gasteiger partial charge in [-0.15, -0.1) is 0 Å². The van der Waals surface area contributed by atoms with E-state index in [1.165, 1.54) is 117 Å². The fraction of sp³-hybridized carbons (Fsp3) is 0.0769. The highest BCUT2D eigenvalue weighted by Crippen LogP contribution is 2.65. The second-order valence-electron chi connectivity index (χ2n) is 26.6. The van der Waals surface area contributed by atoms with Gasteiger partial charge >= 0.3 is 0 Å². The van der Waals surface area contributed by atoms with Gasteiger partial charge in [0.2, 0.25) is 0 Å². The molecule has 0 saturated heterocycles. The van der Waals surface area contributed by atoms with Crippen LogP contribution in [-0.4, -0.2) is 0 Å². The molecule has 0 radical (unpaired) electrons. The summed E-state index contributed by atoms with van der Waals surface area (Å²) in [6, 6.07) is 124. The van der Waals surface area contributed by atoms with E-state index in [2.05, 4.69) is 365 Å². The fourth-order valence-corrected chi connectivity index (χ4v) is 17.0. The molecular weight excluding hydrogens is 1120 g/mol. The number of anilines is 6. The van der Waals surface area contributed by atoms with Crippen LogP contribution < -0.4 is 9.80 Å². The van der Waals surface area contributed by atoms with Gasteiger partial charge in [0.05, 0.1) is 28.2 Å². The first kappa shape index (κ1) is 54.6. The van der Waals surface area contributed by atoms with E-state index in [0.29, 0.717) is 0 Å². The molecule has 14 aromatic rings. The van der Waals surface area contributed by atoms with Crippen molar-refractivity contribution >= 4 is 34.1 Å². The molecule has 4 aliphatic rings. The Labute approximate surface area is 545 Å². The van der Waals surface area contributed by atoms with Gasteiger partial charge < -0.3 is 9.80 Å². The minimum absolute atomic E-state index is 0.216. The molecule has 0 fully saturated rings. The van der Waals surface area contributed by atoms with Gasteiger partial charge in [0.15, 0.2) is 0 Å². The van der Waals surface area contributed by atoms with E-state index in [0.717, 1.165) is 50.8 Å².